The second kappa shape index (κ2) is 7.17. The molecule has 2 aliphatic rings. The summed E-state index contributed by atoms with van der Waals surface area (Å²) >= 11 is 6.04. The molecule has 2 heterocycles. The Morgan fingerprint density at radius 1 is 1.04 bits per heavy atom. The first kappa shape index (κ1) is 17.9. The predicted molar refractivity (Wildman–Crippen MR) is 95.7 cm³/mol. The Hall–Kier alpha value is -0.860. The van der Waals surface area contributed by atoms with Crippen molar-refractivity contribution in [1.82, 2.24) is 8.61 Å². The summed E-state index contributed by atoms with van der Waals surface area (Å²) in [5.41, 5.74) is 1.04. The number of nitrogens with zero attached hydrogens (tertiary/aromatic N) is 3. The van der Waals surface area contributed by atoms with E-state index in [1.807, 2.05) is 38.1 Å². The second-order valence-electron chi connectivity index (χ2n) is 6.45. The summed E-state index contributed by atoms with van der Waals surface area (Å²) in [4.78, 5) is 2.17. The van der Waals surface area contributed by atoms with Crippen molar-refractivity contribution >= 4 is 27.5 Å². The van der Waals surface area contributed by atoms with Gasteiger partial charge in [0.05, 0.1) is 12.2 Å². The van der Waals surface area contributed by atoms with Crippen LogP contribution in [0.1, 0.15) is 13.8 Å². The first-order valence-corrected chi connectivity index (χ1v) is 10.0. The fourth-order valence-electron chi connectivity index (χ4n) is 3.33. The van der Waals surface area contributed by atoms with E-state index in [2.05, 4.69) is 4.90 Å². The standard InChI is InChI=1S/C16H24ClN3O3S/c1-13-11-20(12-14(2)23-13)24(21,22)19-8-6-18(7-9-19)16-5-3-4-15(17)10-16/h3-5,10,13-14H,6-9,11-12H2,1-2H3/t13-,14-/m0/s1. The number of hydrogen-bond donors (Lipinski definition) is 0. The molecule has 0 N–H and O–H groups in total. The van der Waals surface area contributed by atoms with Crippen molar-refractivity contribution in [2.24, 2.45) is 0 Å². The largest absolute Gasteiger partial charge is 0.373 e. The van der Waals surface area contributed by atoms with Crippen molar-refractivity contribution in [2.45, 2.75) is 26.1 Å². The third-order valence-electron chi connectivity index (χ3n) is 4.45. The molecule has 0 aromatic heterocycles. The van der Waals surface area contributed by atoms with Crippen LogP contribution in [0.2, 0.25) is 5.02 Å². The van der Waals surface area contributed by atoms with Crippen LogP contribution in [0.5, 0.6) is 0 Å². The van der Waals surface area contributed by atoms with E-state index >= 15 is 0 Å². The van der Waals surface area contributed by atoms with Crippen LogP contribution in [0.25, 0.3) is 0 Å². The van der Waals surface area contributed by atoms with Crippen LogP contribution in [0.4, 0.5) is 5.69 Å². The van der Waals surface area contributed by atoms with Crippen molar-refractivity contribution < 1.29 is 13.2 Å². The van der Waals surface area contributed by atoms with Crippen molar-refractivity contribution in [3.8, 4) is 0 Å². The van der Waals surface area contributed by atoms with E-state index < -0.39 is 10.2 Å². The normalized spacial score (nSPS) is 27.4. The first-order valence-electron chi connectivity index (χ1n) is 8.27. The summed E-state index contributed by atoms with van der Waals surface area (Å²) in [7, 11) is -3.43. The van der Waals surface area contributed by atoms with Gasteiger partial charge in [0.2, 0.25) is 0 Å². The lowest BCUT2D eigenvalue weighted by Crippen LogP contribution is -2.57. The molecule has 0 bridgehead atoms. The van der Waals surface area contributed by atoms with Crippen LogP contribution in [0, 0.1) is 0 Å². The molecule has 3 rings (SSSR count). The number of morpholine rings is 1. The Kier molecular flexibility index (Phi) is 5.36. The number of piperazine rings is 1. The van der Waals surface area contributed by atoms with Gasteiger partial charge in [-0.25, -0.2) is 0 Å². The highest BCUT2D eigenvalue weighted by Gasteiger charge is 2.36. The highest BCUT2D eigenvalue weighted by molar-refractivity contribution is 7.86. The minimum Gasteiger partial charge on any atom is -0.373 e. The van der Waals surface area contributed by atoms with Gasteiger partial charge < -0.3 is 9.64 Å². The van der Waals surface area contributed by atoms with Gasteiger partial charge in [0.1, 0.15) is 0 Å². The smallest absolute Gasteiger partial charge is 0.282 e. The second-order valence-corrected chi connectivity index (χ2v) is 8.81. The van der Waals surface area contributed by atoms with E-state index in [9.17, 15) is 8.42 Å². The Morgan fingerprint density at radius 2 is 1.67 bits per heavy atom. The van der Waals surface area contributed by atoms with Crippen LogP contribution in [-0.4, -0.2) is 68.5 Å². The van der Waals surface area contributed by atoms with E-state index in [1.165, 1.54) is 0 Å². The highest BCUT2D eigenvalue weighted by Crippen LogP contribution is 2.23. The molecule has 0 spiro atoms. The van der Waals surface area contributed by atoms with Crippen molar-refractivity contribution in [1.29, 1.82) is 0 Å². The molecule has 1 aromatic carbocycles. The molecule has 0 radical (unpaired) electrons. The first-order chi connectivity index (χ1) is 11.4. The molecule has 2 aliphatic heterocycles. The molecular formula is C16H24ClN3O3S. The third-order valence-corrected chi connectivity index (χ3v) is 6.65. The fourth-order valence-corrected chi connectivity index (χ4v) is 5.26. The molecule has 2 fully saturated rings. The SMILES string of the molecule is C[C@H]1CN(S(=O)(=O)N2CCN(c3cccc(Cl)c3)CC2)C[C@H](C)O1. The zero-order valence-electron chi connectivity index (χ0n) is 14.1. The maximum absolute atomic E-state index is 12.9. The average molecular weight is 374 g/mol. The average Bonchev–Trinajstić information content (AvgIpc) is 2.54. The topological polar surface area (TPSA) is 53.1 Å². The highest BCUT2D eigenvalue weighted by atomic mass is 35.5. The number of benzene rings is 1. The molecule has 8 heteroatoms. The van der Waals surface area contributed by atoms with Gasteiger partial charge in [-0.15, -0.1) is 0 Å². The van der Waals surface area contributed by atoms with Gasteiger partial charge in [-0.05, 0) is 32.0 Å². The molecule has 2 atom stereocenters. The summed E-state index contributed by atoms with van der Waals surface area (Å²) in [5, 5.41) is 0.693. The Bertz CT molecular complexity index is 667. The minimum absolute atomic E-state index is 0.0729. The van der Waals surface area contributed by atoms with Gasteiger partial charge in [-0.2, -0.15) is 17.0 Å². The lowest BCUT2D eigenvalue weighted by molar-refractivity contribution is -0.0455. The van der Waals surface area contributed by atoms with Gasteiger partial charge in [0.25, 0.3) is 10.2 Å². The van der Waals surface area contributed by atoms with Crippen molar-refractivity contribution in [3.63, 3.8) is 0 Å². The Balaban J connectivity index is 1.65. The number of anilines is 1. The molecule has 2 saturated heterocycles. The molecule has 0 unspecified atom stereocenters. The number of ether oxygens (including phenoxy) is 1. The molecule has 1 aromatic rings. The summed E-state index contributed by atoms with van der Waals surface area (Å²) in [6.45, 7) is 6.95. The van der Waals surface area contributed by atoms with Crippen LogP contribution in [0.3, 0.4) is 0 Å². The van der Waals surface area contributed by atoms with Crippen molar-refractivity contribution in [3.05, 3.63) is 29.3 Å². The summed E-state index contributed by atoms with van der Waals surface area (Å²) in [5.74, 6) is 0. The monoisotopic (exact) mass is 373 g/mol. The number of halogens is 1. The molecule has 24 heavy (non-hydrogen) atoms. The molecule has 6 nitrogen and oxygen atoms in total. The predicted octanol–water partition coefficient (Wildman–Crippen LogP) is 1.82. The number of rotatable bonds is 3. The zero-order chi connectivity index (χ0) is 17.3. The van der Waals surface area contributed by atoms with Crippen LogP contribution in [-0.2, 0) is 14.9 Å². The molecule has 0 saturated carbocycles. The Morgan fingerprint density at radius 3 is 2.25 bits per heavy atom. The van der Waals surface area contributed by atoms with Gasteiger partial charge in [0, 0.05) is 50.0 Å². The van der Waals surface area contributed by atoms with Gasteiger partial charge in [-0.1, -0.05) is 17.7 Å². The minimum atomic E-state index is -3.43. The third kappa shape index (κ3) is 3.86. The maximum Gasteiger partial charge on any atom is 0.282 e. The van der Waals surface area contributed by atoms with E-state index in [0.717, 1.165) is 5.69 Å². The number of hydrogen-bond acceptors (Lipinski definition) is 4. The fraction of sp³-hybridized carbons (Fsp3) is 0.625. The van der Waals surface area contributed by atoms with Crippen molar-refractivity contribution in [2.75, 3.05) is 44.2 Å². The van der Waals surface area contributed by atoms with E-state index in [0.29, 0.717) is 44.3 Å². The zero-order valence-corrected chi connectivity index (χ0v) is 15.6. The molecular weight excluding hydrogens is 350 g/mol. The van der Waals surface area contributed by atoms with E-state index in [4.69, 9.17) is 16.3 Å². The van der Waals surface area contributed by atoms with Gasteiger partial charge in [-0.3, -0.25) is 0 Å². The Labute approximate surface area is 149 Å². The van der Waals surface area contributed by atoms with E-state index in [-0.39, 0.29) is 12.2 Å². The lowest BCUT2D eigenvalue weighted by Gasteiger charge is -2.40. The summed E-state index contributed by atoms with van der Waals surface area (Å²) < 4.78 is 34.5. The van der Waals surface area contributed by atoms with Crippen LogP contribution < -0.4 is 4.90 Å². The molecule has 134 valence electrons. The molecule has 0 aliphatic carbocycles. The summed E-state index contributed by atoms with van der Waals surface area (Å²) in [6, 6.07) is 7.67. The van der Waals surface area contributed by atoms with Gasteiger partial charge >= 0.3 is 0 Å². The van der Waals surface area contributed by atoms with E-state index in [1.54, 1.807) is 8.61 Å². The van der Waals surface area contributed by atoms with Gasteiger partial charge in [0.15, 0.2) is 0 Å². The quantitative estimate of drug-likeness (QED) is 0.811. The lowest BCUT2D eigenvalue weighted by atomic mass is 10.2. The summed E-state index contributed by atoms with van der Waals surface area (Å²) in [6.07, 6.45) is -0.146. The maximum atomic E-state index is 12.9. The van der Waals surface area contributed by atoms with Crippen LogP contribution >= 0.6 is 11.6 Å². The molecule has 0 amide bonds. The van der Waals surface area contributed by atoms with Crippen LogP contribution in [0.15, 0.2) is 24.3 Å².